The molecular formula is C6H3BN-. The molecule has 0 aliphatic heterocycles. The summed E-state index contributed by atoms with van der Waals surface area (Å²) < 4.78 is 0. The molecule has 8 heavy (non-hydrogen) atoms. The minimum atomic E-state index is -0.556. The van der Waals surface area contributed by atoms with Crippen LogP contribution >= 0.6 is 0 Å². The van der Waals surface area contributed by atoms with Crippen LogP contribution in [0, 0.1) is 37.0 Å². The van der Waals surface area contributed by atoms with Gasteiger partial charge in [0, 0.05) is 0 Å². The van der Waals surface area contributed by atoms with Crippen LogP contribution in [0.3, 0.4) is 0 Å². The van der Waals surface area contributed by atoms with E-state index in [4.69, 9.17) is 19.3 Å². The zero-order valence-electron chi connectivity index (χ0n) is 4.26. The van der Waals surface area contributed by atoms with Crippen molar-refractivity contribution in [3.8, 4) is 37.0 Å². The maximum atomic E-state index is 4.89. The summed E-state index contributed by atoms with van der Waals surface area (Å²) in [6.07, 6.45) is 14.5. The highest BCUT2D eigenvalue weighted by atomic mass is 14.6. The number of nitrogens with zero attached hydrogens (tertiary/aromatic N) is 1. The molecule has 0 saturated carbocycles. The molecule has 0 N–H and O–H groups in total. The van der Waals surface area contributed by atoms with E-state index in [0.29, 0.717) is 0 Å². The highest BCUT2D eigenvalue weighted by molar-refractivity contribution is 6.64. The van der Waals surface area contributed by atoms with Gasteiger partial charge >= 0.3 is 0 Å². The second kappa shape index (κ2) is 3.73. The van der Waals surface area contributed by atoms with E-state index in [-0.39, 0.29) is 0 Å². The van der Waals surface area contributed by atoms with E-state index in [1.165, 1.54) is 0 Å². The second-order valence-electron chi connectivity index (χ2n) is 0.994. The van der Waals surface area contributed by atoms with Gasteiger partial charge in [-0.05, 0) is 6.04 Å². The van der Waals surface area contributed by atoms with Crippen molar-refractivity contribution in [2.45, 2.75) is 0 Å². The van der Waals surface area contributed by atoms with Crippen molar-refractivity contribution < 1.29 is 0 Å². The fraction of sp³-hybridized carbons (Fsp3) is 0. The van der Waals surface area contributed by atoms with Crippen molar-refractivity contribution in [3.05, 3.63) is 0 Å². The SMILES string of the molecule is C#CN=[B-](C#C)C#C. The van der Waals surface area contributed by atoms with Crippen molar-refractivity contribution in [1.82, 2.24) is 0 Å². The first-order chi connectivity index (χ1) is 3.85. The number of terminal acetylenes is 3. The molecule has 2 heteroatoms. The van der Waals surface area contributed by atoms with Crippen LogP contribution in [0.2, 0.25) is 0 Å². The van der Waals surface area contributed by atoms with Crippen molar-refractivity contribution in [3.63, 3.8) is 0 Å². The molecule has 1 nitrogen and oxygen atoms in total. The summed E-state index contributed by atoms with van der Waals surface area (Å²) in [6.45, 7) is -0.556. The Kier molecular flexibility index (Phi) is 3.05. The monoisotopic (exact) mass is 100 g/mol. The molecule has 0 amide bonds. The normalized spacial score (nSPS) is 5.12. The van der Waals surface area contributed by atoms with Gasteiger partial charge in [-0.2, -0.15) is 12.8 Å². The van der Waals surface area contributed by atoms with Crippen LogP contribution in [0.25, 0.3) is 0 Å². The summed E-state index contributed by atoms with van der Waals surface area (Å²) in [5.41, 5.74) is 0. The Morgan fingerprint density at radius 1 is 1.12 bits per heavy atom. The highest BCUT2D eigenvalue weighted by Gasteiger charge is 1.63. The van der Waals surface area contributed by atoms with Gasteiger partial charge in [-0.25, -0.2) is 0 Å². The molecule has 0 heterocycles. The Morgan fingerprint density at radius 3 is 1.75 bits per heavy atom. The van der Waals surface area contributed by atoms with Gasteiger partial charge in [0.05, 0.1) is 0 Å². The van der Waals surface area contributed by atoms with Crippen LogP contribution in [-0.4, -0.2) is 6.51 Å². The Balaban J connectivity index is 4.28. The van der Waals surface area contributed by atoms with Crippen LogP contribution in [0.1, 0.15) is 0 Å². The van der Waals surface area contributed by atoms with Crippen LogP contribution in [0.5, 0.6) is 0 Å². The fourth-order valence-electron chi connectivity index (χ4n) is 0.197. The van der Waals surface area contributed by atoms with Gasteiger partial charge in [0.25, 0.3) is 0 Å². The Hall–Kier alpha value is -1.46. The third-order valence-electron chi connectivity index (χ3n) is 0.519. The average Bonchev–Trinajstić information content (AvgIpc) is 1.83. The van der Waals surface area contributed by atoms with Gasteiger partial charge in [0.2, 0.25) is 0 Å². The summed E-state index contributed by atoms with van der Waals surface area (Å²) in [4.78, 5) is 3.42. The van der Waals surface area contributed by atoms with E-state index >= 15 is 0 Å². The van der Waals surface area contributed by atoms with E-state index in [9.17, 15) is 0 Å². The van der Waals surface area contributed by atoms with Crippen molar-refractivity contribution >= 4 is 6.51 Å². The van der Waals surface area contributed by atoms with Gasteiger partial charge in [0.1, 0.15) is 6.51 Å². The average molecular weight is 99.9 g/mol. The predicted octanol–water partition coefficient (Wildman–Crippen LogP) is 0.182. The molecule has 0 rings (SSSR count). The van der Waals surface area contributed by atoms with E-state index < -0.39 is 6.51 Å². The molecule has 0 spiro atoms. The molecule has 0 atom stereocenters. The lowest BCUT2D eigenvalue weighted by Crippen LogP contribution is -1.89. The summed E-state index contributed by atoms with van der Waals surface area (Å²) in [6, 6.07) is 2.01. The van der Waals surface area contributed by atoms with Crippen molar-refractivity contribution in [2.75, 3.05) is 0 Å². The maximum absolute atomic E-state index is 4.89. The first-order valence-corrected chi connectivity index (χ1v) is 1.93. The van der Waals surface area contributed by atoms with Gasteiger partial charge < -0.3 is 4.90 Å². The second-order valence-corrected chi connectivity index (χ2v) is 0.994. The Bertz CT molecular complexity index is 202. The Labute approximate surface area is 49.3 Å². The molecule has 36 valence electrons. The molecule has 0 unspecified atom stereocenters. The van der Waals surface area contributed by atoms with Gasteiger partial charge in [-0.15, -0.1) is 0 Å². The predicted molar refractivity (Wildman–Crippen MR) is 34.7 cm³/mol. The number of hydrogen-bond acceptors (Lipinski definition) is 1. The summed E-state index contributed by atoms with van der Waals surface area (Å²) >= 11 is 0. The van der Waals surface area contributed by atoms with Crippen molar-refractivity contribution in [2.24, 2.45) is 4.90 Å². The lowest BCUT2D eigenvalue weighted by Gasteiger charge is -1.89. The topological polar surface area (TPSA) is 12.4 Å². The van der Waals surface area contributed by atoms with Crippen LogP contribution in [0.15, 0.2) is 4.90 Å². The lowest BCUT2D eigenvalue weighted by atomic mass is 9.74. The molecule has 0 aliphatic rings. The molecule has 0 aliphatic carbocycles. The summed E-state index contributed by atoms with van der Waals surface area (Å²) in [7, 11) is 0. The molecule has 0 fully saturated rings. The molecule has 0 aromatic carbocycles. The van der Waals surface area contributed by atoms with Gasteiger partial charge in [-0.1, -0.05) is 6.42 Å². The minimum absolute atomic E-state index is 0.556. The molecule has 0 aromatic heterocycles. The molecule has 0 bridgehead atoms. The van der Waals surface area contributed by atoms with E-state index in [0.717, 1.165) is 0 Å². The molecule has 0 radical (unpaired) electrons. The van der Waals surface area contributed by atoms with E-state index in [1.807, 2.05) is 6.04 Å². The third kappa shape index (κ3) is 1.86. The van der Waals surface area contributed by atoms with Gasteiger partial charge in [-0.3, -0.25) is 11.6 Å². The molecular weight excluding hydrogens is 96.9 g/mol. The standard InChI is InChI=1S/C6H3BN/c1-4-7(5-2)8-6-3/h1-3H/q-1. The summed E-state index contributed by atoms with van der Waals surface area (Å²) in [5.74, 6) is 4.41. The summed E-state index contributed by atoms with van der Waals surface area (Å²) in [5, 5.41) is 0. The zero-order valence-corrected chi connectivity index (χ0v) is 4.26. The van der Waals surface area contributed by atoms with Crippen LogP contribution < -0.4 is 0 Å². The van der Waals surface area contributed by atoms with Crippen molar-refractivity contribution in [1.29, 1.82) is 0 Å². The molecule has 0 saturated heterocycles. The lowest BCUT2D eigenvalue weighted by molar-refractivity contribution is 1.76. The maximum Gasteiger partial charge on any atom is 0.125 e. The number of rotatable bonds is 0. The van der Waals surface area contributed by atoms with E-state index in [2.05, 4.69) is 16.5 Å². The fourth-order valence-corrected chi connectivity index (χ4v) is 0.197. The smallest absolute Gasteiger partial charge is 0.125 e. The quantitative estimate of drug-likeness (QED) is 0.304. The molecule has 0 aromatic rings. The first kappa shape index (κ1) is 6.54. The number of hydrogen-bond donors (Lipinski definition) is 0. The zero-order chi connectivity index (χ0) is 6.41. The van der Waals surface area contributed by atoms with Gasteiger partial charge in [0.15, 0.2) is 0 Å². The minimum Gasteiger partial charge on any atom is -0.446 e. The largest absolute Gasteiger partial charge is 0.446 e. The van der Waals surface area contributed by atoms with Crippen LogP contribution in [-0.2, 0) is 0 Å². The Morgan fingerprint density at radius 2 is 1.62 bits per heavy atom. The van der Waals surface area contributed by atoms with E-state index in [1.54, 1.807) is 0 Å². The first-order valence-electron chi connectivity index (χ1n) is 1.93. The van der Waals surface area contributed by atoms with Crippen LogP contribution in [0.4, 0.5) is 0 Å². The highest BCUT2D eigenvalue weighted by Crippen LogP contribution is 1.65. The third-order valence-corrected chi connectivity index (χ3v) is 0.519.